The molecule has 0 unspecified atom stereocenters. The van der Waals surface area contributed by atoms with E-state index in [4.69, 9.17) is 4.74 Å². The first-order chi connectivity index (χ1) is 9.74. The molecule has 1 aliphatic carbocycles. The first kappa shape index (κ1) is 18.0. The van der Waals surface area contributed by atoms with E-state index in [0.717, 1.165) is 18.2 Å². The van der Waals surface area contributed by atoms with E-state index in [0.29, 0.717) is 17.4 Å². The Balaban J connectivity index is 0.00000220. The van der Waals surface area contributed by atoms with E-state index in [1.165, 1.54) is 32.1 Å². The molecule has 1 fully saturated rings. The van der Waals surface area contributed by atoms with E-state index in [2.05, 4.69) is 4.98 Å². The molecule has 0 saturated heterocycles. The minimum atomic E-state index is -0.600. The minimum absolute atomic E-state index is 0. The van der Waals surface area contributed by atoms with E-state index < -0.39 is 11.3 Å². The van der Waals surface area contributed by atoms with E-state index in [9.17, 15) is 9.59 Å². The molecule has 21 heavy (non-hydrogen) atoms. The first-order valence-electron chi connectivity index (χ1n) is 7.07. The minimum Gasteiger partial charge on any atom is -0.384 e. The van der Waals surface area contributed by atoms with Crippen LogP contribution in [0.15, 0.2) is 29.4 Å². The number of pyridine rings is 1. The van der Waals surface area contributed by atoms with Gasteiger partial charge in [-0.3, -0.25) is 4.79 Å². The van der Waals surface area contributed by atoms with Crippen LogP contribution in [0.4, 0.5) is 4.79 Å². The molecule has 0 spiro atoms. The van der Waals surface area contributed by atoms with Gasteiger partial charge in [0.1, 0.15) is 5.03 Å². The smallest absolute Gasteiger partial charge is 0.381 e. The number of rotatable bonds is 4. The van der Waals surface area contributed by atoms with Gasteiger partial charge < -0.3 is 4.74 Å². The molecule has 0 N–H and O–H groups in total. The quantitative estimate of drug-likeness (QED) is 0.458. The van der Waals surface area contributed by atoms with Crippen LogP contribution >= 0.6 is 24.2 Å². The molecule has 0 bridgehead atoms. The van der Waals surface area contributed by atoms with Gasteiger partial charge in [-0.15, -0.1) is 12.4 Å². The summed E-state index contributed by atoms with van der Waals surface area (Å²) >= 11 is 0.840. The van der Waals surface area contributed by atoms with Gasteiger partial charge in [-0.05, 0) is 24.5 Å². The Morgan fingerprint density at radius 1 is 1.24 bits per heavy atom. The van der Waals surface area contributed by atoms with Crippen molar-refractivity contribution in [3.63, 3.8) is 0 Å². The van der Waals surface area contributed by atoms with Gasteiger partial charge in [-0.2, -0.15) is 0 Å². The standard InChI is InChI=1S/C15H19NO3S.ClH/c17-14(10-9-12-6-2-1-3-7-12)19-15(18)20-13-8-4-5-11-16-13;/h4-5,8,11-12H,1-3,6-7,9-10H2;1H. The fraction of sp³-hybridized carbons (Fsp3) is 0.533. The maximum atomic E-state index is 11.6. The van der Waals surface area contributed by atoms with E-state index in [1.807, 2.05) is 0 Å². The number of nitrogens with zero attached hydrogens (tertiary/aromatic N) is 1. The maximum Gasteiger partial charge on any atom is 0.381 e. The second-order valence-electron chi connectivity index (χ2n) is 5.04. The number of carbonyl (C=O) groups is 2. The van der Waals surface area contributed by atoms with Gasteiger partial charge in [0.2, 0.25) is 0 Å². The number of hydrogen-bond acceptors (Lipinski definition) is 5. The van der Waals surface area contributed by atoms with Crippen LogP contribution in [0.3, 0.4) is 0 Å². The summed E-state index contributed by atoms with van der Waals surface area (Å²) in [5, 5.41) is -0.0603. The molecule has 0 aliphatic heterocycles. The zero-order valence-corrected chi connectivity index (χ0v) is 13.5. The van der Waals surface area contributed by atoms with Crippen LogP contribution in [0.2, 0.25) is 0 Å². The summed E-state index contributed by atoms with van der Waals surface area (Å²) in [4.78, 5) is 27.2. The summed E-state index contributed by atoms with van der Waals surface area (Å²) in [5.74, 6) is 0.193. The molecule has 0 amide bonds. The predicted molar refractivity (Wildman–Crippen MR) is 84.6 cm³/mol. The van der Waals surface area contributed by atoms with Crippen molar-refractivity contribution in [2.24, 2.45) is 5.92 Å². The monoisotopic (exact) mass is 329 g/mol. The van der Waals surface area contributed by atoms with Crippen LogP contribution in [0.25, 0.3) is 0 Å². The van der Waals surface area contributed by atoms with Crippen molar-refractivity contribution in [3.05, 3.63) is 24.4 Å². The number of ether oxygens (including phenoxy) is 1. The molecule has 1 heterocycles. The third-order valence-electron chi connectivity index (χ3n) is 3.50. The Kier molecular flexibility index (Phi) is 8.38. The molecule has 2 rings (SSSR count). The average molecular weight is 330 g/mol. The van der Waals surface area contributed by atoms with Crippen molar-refractivity contribution in [2.75, 3.05) is 0 Å². The van der Waals surface area contributed by atoms with Crippen molar-refractivity contribution >= 4 is 35.4 Å². The highest BCUT2D eigenvalue weighted by atomic mass is 35.5. The van der Waals surface area contributed by atoms with Crippen LogP contribution < -0.4 is 0 Å². The van der Waals surface area contributed by atoms with Gasteiger partial charge in [0, 0.05) is 24.4 Å². The molecule has 1 aromatic rings. The Bertz CT molecular complexity index is 449. The normalized spacial score (nSPS) is 15.0. The van der Waals surface area contributed by atoms with Gasteiger partial charge >= 0.3 is 11.3 Å². The Hall–Kier alpha value is -1.07. The highest BCUT2D eigenvalue weighted by Gasteiger charge is 2.17. The summed E-state index contributed by atoms with van der Waals surface area (Å²) in [6.07, 6.45) is 8.98. The van der Waals surface area contributed by atoms with Gasteiger partial charge in [0.25, 0.3) is 0 Å². The SMILES string of the molecule is Cl.O=C(CCC1CCCCC1)OC(=O)Sc1ccccn1. The van der Waals surface area contributed by atoms with Crippen molar-refractivity contribution in [3.8, 4) is 0 Å². The Morgan fingerprint density at radius 3 is 2.67 bits per heavy atom. The zero-order valence-electron chi connectivity index (χ0n) is 11.8. The lowest BCUT2D eigenvalue weighted by Crippen LogP contribution is -2.12. The number of carbonyl (C=O) groups excluding carboxylic acids is 2. The predicted octanol–water partition coefficient (Wildman–Crippen LogP) is 4.62. The largest absolute Gasteiger partial charge is 0.384 e. The molecule has 1 saturated carbocycles. The van der Waals surface area contributed by atoms with Gasteiger partial charge in [0.15, 0.2) is 0 Å². The molecule has 6 heteroatoms. The lowest BCUT2D eigenvalue weighted by Gasteiger charge is -2.20. The van der Waals surface area contributed by atoms with Gasteiger partial charge in [0.05, 0.1) is 0 Å². The third kappa shape index (κ3) is 6.96. The Morgan fingerprint density at radius 2 is 2.00 bits per heavy atom. The van der Waals surface area contributed by atoms with Crippen molar-refractivity contribution in [1.29, 1.82) is 0 Å². The molecule has 0 aromatic carbocycles. The third-order valence-corrected chi connectivity index (χ3v) is 4.20. The number of esters is 1. The molecule has 116 valence electrons. The van der Waals surface area contributed by atoms with Gasteiger partial charge in [-0.1, -0.05) is 38.2 Å². The zero-order chi connectivity index (χ0) is 14.2. The summed E-state index contributed by atoms with van der Waals surface area (Å²) < 4.78 is 4.79. The first-order valence-corrected chi connectivity index (χ1v) is 7.89. The van der Waals surface area contributed by atoms with Crippen molar-refractivity contribution < 1.29 is 14.3 Å². The molecule has 0 atom stereocenters. The molecule has 0 radical (unpaired) electrons. The number of thioether (sulfide) groups is 1. The van der Waals surface area contributed by atoms with Crippen LogP contribution in [0.1, 0.15) is 44.9 Å². The fourth-order valence-corrected chi connectivity index (χ4v) is 3.02. The summed E-state index contributed by atoms with van der Waals surface area (Å²) in [7, 11) is 0. The van der Waals surface area contributed by atoms with E-state index >= 15 is 0 Å². The van der Waals surface area contributed by atoms with Crippen LogP contribution in [0.5, 0.6) is 0 Å². The summed E-state index contributed by atoms with van der Waals surface area (Å²) in [6, 6.07) is 5.26. The van der Waals surface area contributed by atoms with Crippen LogP contribution in [0, 0.1) is 5.92 Å². The lowest BCUT2D eigenvalue weighted by atomic mass is 9.86. The molecular weight excluding hydrogens is 310 g/mol. The summed E-state index contributed by atoms with van der Waals surface area (Å²) in [6.45, 7) is 0. The van der Waals surface area contributed by atoms with Crippen LogP contribution in [-0.4, -0.2) is 16.3 Å². The number of aromatic nitrogens is 1. The van der Waals surface area contributed by atoms with E-state index in [1.54, 1.807) is 24.4 Å². The molecule has 1 aromatic heterocycles. The summed E-state index contributed by atoms with van der Waals surface area (Å²) in [5.41, 5.74) is 0. The second kappa shape index (κ2) is 9.79. The van der Waals surface area contributed by atoms with Crippen molar-refractivity contribution in [2.45, 2.75) is 50.0 Å². The maximum absolute atomic E-state index is 11.6. The lowest BCUT2D eigenvalue weighted by molar-refractivity contribution is -0.136. The number of hydrogen-bond donors (Lipinski definition) is 0. The highest BCUT2D eigenvalue weighted by Crippen LogP contribution is 2.27. The topological polar surface area (TPSA) is 56.3 Å². The van der Waals surface area contributed by atoms with Crippen molar-refractivity contribution in [1.82, 2.24) is 4.98 Å². The van der Waals surface area contributed by atoms with E-state index in [-0.39, 0.29) is 12.4 Å². The average Bonchev–Trinajstić information content (AvgIpc) is 2.47. The Labute approximate surface area is 135 Å². The van der Waals surface area contributed by atoms with Crippen LogP contribution in [-0.2, 0) is 9.53 Å². The molecule has 1 aliphatic rings. The molecular formula is C15H20ClNO3S. The second-order valence-corrected chi connectivity index (χ2v) is 5.99. The molecule has 4 nitrogen and oxygen atoms in total. The van der Waals surface area contributed by atoms with Gasteiger partial charge in [-0.25, -0.2) is 9.78 Å². The number of halogens is 1. The fourth-order valence-electron chi connectivity index (χ4n) is 2.46. The highest BCUT2D eigenvalue weighted by molar-refractivity contribution is 8.13.